The van der Waals surface area contributed by atoms with Crippen LogP contribution in [0.5, 0.6) is 0 Å². The average Bonchev–Trinajstić information content (AvgIpc) is 2.19. The molecule has 0 aliphatic heterocycles. The van der Waals surface area contributed by atoms with Crippen molar-refractivity contribution < 1.29 is 8.42 Å². The van der Waals surface area contributed by atoms with Gasteiger partial charge in [0.25, 0.3) is 0 Å². The Hall–Kier alpha value is -0.571. The number of sulfone groups is 1. The van der Waals surface area contributed by atoms with E-state index in [4.69, 9.17) is 0 Å². The van der Waals surface area contributed by atoms with Gasteiger partial charge in [-0.15, -0.1) is 0 Å². The van der Waals surface area contributed by atoms with Crippen LogP contribution in [0.2, 0.25) is 5.82 Å². The van der Waals surface area contributed by atoms with E-state index >= 15 is 0 Å². The van der Waals surface area contributed by atoms with E-state index in [1.165, 1.54) is 0 Å². The van der Waals surface area contributed by atoms with Crippen LogP contribution in [-0.2, 0) is 9.84 Å². The Kier molecular flexibility index (Phi) is 4.39. The van der Waals surface area contributed by atoms with Crippen LogP contribution in [0.1, 0.15) is 0 Å². The Morgan fingerprint density at radius 2 is 1.93 bits per heavy atom. The van der Waals surface area contributed by atoms with E-state index in [0.29, 0.717) is 19.9 Å². The molecule has 2 nitrogen and oxygen atoms in total. The maximum absolute atomic E-state index is 11.7. The summed E-state index contributed by atoms with van der Waals surface area (Å²) >= 11 is 0.395. The number of rotatable bonds is 4. The van der Waals surface area contributed by atoms with Gasteiger partial charge >= 0.3 is 91.1 Å². The molecule has 0 bridgehead atoms. The summed E-state index contributed by atoms with van der Waals surface area (Å²) in [5, 5.41) is 0. The molecule has 0 N–H and O–H groups in total. The van der Waals surface area contributed by atoms with Crippen molar-refractivity contribution in [2.24, 2.45) is 0 Å². The molecule has 0 atom stereocenters. The molecule has 0 fully saturated rings. The summed E-state index contributed by atoms with van der Waals surface area (Å²) in [6, 6.07) is 8.53. The van der Waals surface area contributed by atoms with Crippen LogP contribution in [0.25, 0.3) is 0 Å². The number of benzene rings is 1. The van der Waals surface area contributed by atoms with Crippen LogP contribution >= 0.6 is 0 Å². The van der Waals surface area contributed by atoms with Gasteiger partial charge in [0, 0.05) is 0 Å². The molecule has 76 valence electrons. The fraction of sp³-hybridized carbons (Fsp3) is 0.200. The molecule has 1 rings (SSSR count). The van der Waals surface area contributed by atoms with E-state index in [-0.39, 0.29) is 5.75 Å². The van der Waals surface area contributed by atoms with Crippen LogP contribution in [0.4, 0.5) is 0 Å². The zero-order chi connectivity index (χ0) is 10.4. The van der Waals surface area contributed by atoms with Crippen LogP contribution in [0, 0.1) is 0 Å². The SMILES string of the molecule is C[Se]/C=C\CS(=O)(=O)c1ccccc1. The molecule has 0 aromatic heterocycles. The van der Waals surface area contributed by atoms with Crippen molar-refractivity contribution in [2.75, 3.05) is 5.75 Å². The van der Waals surface area contributed by atoms with Crippen LogP contribution in [0.15, 0.2) is 46.3 Å². The second-order valence-electron chi connectivity index (χ2n) is 2.70. The molecule has 0 radical (unpaired) electrons. The van der Waals surface area contributed by atoms with Crippen molar-refractivity contribution in [1.29, 1.82) is 0 Å². The maximum atomic E-state index is 11.7. The molecule has 0 unspecified atom stereocenters. The first kappa shape index (κ1) is 11.5. The van der Waals surface area contributed by atoms with Gasteiger partial charge < -0.3 is 0 Å². The molecule has 14 heavy (non-hydrogen) atoms. The second kappa shape index (κ2) is 5.34. The van der Waals surface area contributed by atoms with Gasteiger partial charge in [-0.05, 0) is 0 Å². The predicted octanol–water partition coefficient (Wildman–Crippen LogP) is 1.73. The molecule has 1 aromatic rings. The monoisotopic (exact) mass is 276 g/mol. The summed E-state index contributed by atoms with van der Waals surface area (Å²) in [6.45, 7) is 0. The molecule has 0 saturated heterocycles. The summed E-state index contributed by atoms with van der Waals surface area (Å²) in [6.07, 6.45) is 1.72. The summed E-state index contributed by atoms with van der Waals surface area (Å²) in [4.78, 5) is 2.32. The van der Waals surface area contributed by atoms with E-state index in [0.717, 1.165) is 0 Å². The zero-order valence-corrected chi connectivity index (χ0v) is 10.4. The summed E-state index contributed by atoms with van der Waals surface area (Å²) in [7, 11) is -3.11. The predicted molar refractivity (Wildman–Crippen MR) is 59.3 cm³/mol. The molecule has 0 amide bonds. The molecule has 0 aliphatic carbocycles. The van der Waals surface area contributed by atoms with E-state index in [1.54, 1.807) is 30.3 Å². The fourth-order valence-electron chi connectivity index (χ4n) is 0.986. The van der Waals surface area contributed by atoms with Gasteiger partial charge in [-0.1, -0.05) is 0 Å². The molecule has 1 aromatic carbocycles. The molecular weight excluding hydrogens is 263 g/mol. The third kappa shape index (κ3) is 3.29. The Bertz CT molecular complexity index is 395. The first-order valence-electron chi connectivity index (χ1n) is 4.12. The quantitative estimate of drug-likeness (QED) is 0.784. The van der Waals surface area contributed by atoms with Crippen LogP contribution < -0.4 is 0 Å². The van der Waals surface area contributed by atoms with Gasteiger partial charge in [0.15, 0.2) is 0 Å². The van der Waals surface area contributed by atoms with Gasteiger partial charge in [0.05, 0.1) is 0 Å². The topological polar surface area (TPSA) is 34.1 Å². The Balaban J connectivity index is 2.82. The average molecular weight is 275 g/mol. The standard InChI is InChI=1S/C10H12O2SSe/c1-14-9-5-8-13(11,12)10-6-3-2-4-7-10/h2-7,9H,8H2,1H3/b9-5-. The van der Waals surface area contributed by atoms with E-state index in [1.807, 2.05) is 16.9 Å². The van der Waals surface area contributed by atoms with Gasteiger partial charge in [0.1, 0.15) is 0 Å². The van der Waals surface area contributed by atoms with Crippen molar-refractivity contribution in [3.05, 3.63) is 41.4 Å². The summed E-state index contributed by atoms with van der Waals surface area (Å²) < 4.78 is 23.3. The fourth-order valence-corrected chi connectivity index (χ4v) is 2.98. The molecule has 4 heteroatoms. The third-order valence-electron chi connectivity index (χ3n) is 1.65. The Morgan fingerprint density at radius 3 is 2.50 bits per heavy atom. The first-order valence-corrected chi connectivity index (χ1v) is 8.48. The zero-order valence-electron chi connectivity index (χ0n) is 7.88. The number of hydrogen-bond donors (Lipinski definition) is 0. The second-order valence-corrected chi connectivity index (χ2v) is 6.30. The van der Waals surface area contributed by atoms with Crippen molar-refractivity contribution in [3.8, 4) is 0 Å². The van der Waals surface area contributed by atoms with Crippen LogP contribution in [0.3, 0.4) is 0 Å². The molecule has 0 heterocycles. The Labute approximate surface area is 91.1 Å². The minimum absolute atomic E-state index is 0.104. The van der Waals surface area contributed by atoms with E-state index in [9.17, 15) is 8.42 Å². The van der Waals surface area contributed by atoms with Gasteiger partial charge in [-0.2, -0.15) is 0 Å². The first-order chi connectivity index (χ1) is 6.67. The van der Waals surface area contributed by atoms with Gasteiger partial charge in [-0.25, -0.2) is 0 Å². The molecule has 0 spiro atoms. The van der Waals surface area contributed by atoms with Gasteiger partial charge in [0.2, 0.25) is 0 Å². The van der Waals surface area contributed by atoms with E-state index < -0.39 is 9.84 Å². The normalized spacial score (nSPS) is 12.1. The molecular formula is C10H12O2SSe. The molecule has 0 saturated carbocycles. The molecule has 0 aliphatic rings. The van der Waals surface area contributed by atoms with Crippen LogP contribution in [-0.4, -0.2) is 29.1 Å². The van der Waals surface area contributed by atoms with E-state index in [2.05, 4.69) is 0 Å². The summed E-state index contributed by atoms with van der Waals surface area (Å²) in [5.41, 5.74) is 0. The minimum atomic E-state index is -3.11. The van der Waals surface area contributed by atoms with Crippen molar-refractivity contribution in [2.45, 2.75) is 10.7 Å². The summed E-state index contributed by atoms with van der Waals surface area (Å²) in [5.74, 6) is 2.14. The Morgan fingerprint density at radius 1 is 1.29 bits per heavy atom. The third-order valence-corrected chi connectivity index (χ3v) is 4.25. The van der Waals surface area contributed by atoms with Crippen molar-refractivity contribution >= 4 is 24.8 Å². The van der Waals surface area contributed by atoms with Crippen molar-refractivity contribution in [3.63, 3.8) is 0 Å². The number of hydrogen-bond acceptors (Lipinski definition) is 2. The van der Waals surface area contributed by atoms with Crippen molar-refractivity contribution in [1.82, 2.24) is 0 Å². The van der Waals surface area contributed by atoms with Gasteiger partial charge in [-0.3, -0.25) is 0 Å².